The maximum absolute atomic E-state index is 13.0. The van der Waals surface area contributed by atoms with E-state index in [1.165, 1.54) is 30.3 Å². The summed E-state index contributed by atoms with van der Waals surface area (Å²) in [7, 11) is 0. The number of ether oxygens (including phenoxy) is 2. The van der Waals surface area contributed by atoms with Crippen LogP contribution in [0.15, 0.2) is 54.6 Å². The predicted molar refractivity (Wildman–Crippen MR) is 119 cm³/mol. The highest BCUT2D eigenvalue weighted by Gasteiger charge is 2.31. The van der Waals surface area contributed by atoms with Gasteiger partial charge in [0.2, 0.25) is 0 Å². The molecule has 33 heavy (non-hydrogen) atoms. The highest BCUT2D eigenvalue weighted by molar-refractivity contribution is 6.37. The Labute approximate surface area is 197 Å². The van der Waals surface area contributed by atoms with Crippen LogP contribution in [-0.4, -0.2) is 23.7 Å². The molecule has 3 aromatic carbocycles. The van der Waals surface area contributed by atoms with Gasteiger partial charge in [-0.25, -0.2) is 0 Å². The molecule has 0 radical (unpaired) electrons. The quantitative estimate of drug-likeness (QED) is 0.411. The number of hydrogen-bond donors (Lipinski definition) is 1. The molecule has 0 spiro atoms. The Kier molecular flexibility index (Phi) is 6.32. The zero-order valence-electron chi connectivity index (χ0n) is 17.0. The zero-order chi connectivity index (χ0) is 23.8. The van der Waals surface area contributed by atoms with Gasteiger partial charge in [0.1, 0.15) is 11.5 Å². The number of fused-ring (bicyclic) bond motifs is 1. The Morgan fingerprint density at radius 3 is 2.42 bits per heavy atom. The number of nitrogen functional groups attached to an aromatic ring is 1. The number of nitrogens with two attached hydrogens (primary N) is 1. The summed E-state index contributed by atoms with van der Waals surface area (Å²) in [5, 5.41) is 0.522. The van der Waals surface area contributed by atoms with Gasteiger partial charge in [0.25, 0.3) is 5.91 Å². The van der Waals surface area contributed by atoms with Gasteiger partial charge in [-0.3, -0.25) is 4.79 Å². The van der Waals surface area contributed by atoms with Crippen LogP contribution in [0.25, 0.3) is 0 Å². The van der Waals surface area contributed by atoms with E-state index in [0.717, 1.165) is 5.56 Å². The number of benzene rings is 3. The van der Waals surface area contributed by atoms with E-state index in [2.05, 4.69) is 4.74 Å². The maximum atomic E-state index is 13.0. The van der Waals surface area contributed by atoms with Gasteiger partial charge in [-0.2, -0.15) is 0 Å². The first-order valence-electron chi connectivity index (χ1n) is 9.78. The van der Waals surface area contributed by atoms with E-state index in [4.69, 9.17) is 33.7 Å². The fraction of sp³-hybridized carbons (Fsp3) is 0.174. The van der Waals surface area contributed by atoms with Gasteiger partial charge < -0.3 is 20.1 Å². The summed E-state index contributed by atoms with van der Waals surface area (Å²) in [6.45, 7) is 0.547. The van der Waals surface area contributed by atoms with Crippen LogP contribution in [0.1, 0.15) is 21.5 Å². The molecule has 4 rings (SSSR count). The van der Waals surface area contributed by atoms with Crippen molar-refractivity contribution in [2.24, 2.45) is 0 Å². The van der Waals surface area contributed by atoms with Crippen molar-refractivity contribution >= 4 is 34.8 Å². The maximum Gasteiger partial charge on any atom is 0.573 e. The molecular weight excluding hydrogens is 480 g/mol. The molecule has 1 aliphatic heterocycles. The Bertz CT molecular complexity index is 1190. The van der Waals surface area contributed by atoms with Crippen molar-refractivity contribution in [2.75, 3.05) is 12.3 Å². The van der Waals surface area contributed by atoms with Gasteiger partial charge in [-0.05, 0) is 60.0 Å². The van der Waals surface area contributed by atoms with Crippen molar-refractivity contribution in [2.45, 2.75) is 19.3 Å². The number of anilines is 1. The lowest BCUT2D eigenvalue weighted by atomic mass is 9.98. The van der Waals surface area contributed by atoms with Crippen molar-refractivity contribution in [3.63, 3.8) is 0 Å². The monoisotopic (exact) mass is 496 g/mol. The summed E-state index contributed by atoms with van der Waals surface area (Å²) in [6.07, 6.45) is -4.24. The number of halogens is 5. The predicted octanol–water partition coefficient (Wildman–Crippen LogP) is 6.47. The number of nitrogens with zero attached hydrogens (tertiary/aromatic N) is 1. The Morgan fingerprint density at radius 1 is 1.00 bits per heavy atom. The summed E-state index contributed by atoms with van der Waals surface area (Å²) < 4.78 is 47.2. The number of carbonyl (C=O) groups excluding carboxylic acids is 1. The molecule has 0 fully saturated rings. The summed E-state index contributed by atoms with van der Waals surface area (Å²) in [5.41, 5.74) is 7.92. The average Bonchev–Trinajstić information content (AvgIpc) is 2.72. The molecule has 1 amide bonds. The summed E-state index contributed by atoms with van der Waals surface area (Å²) >= 11 is 12.3. The number of hydrogen-bond acceptors (Lipinski definition) is 4. The largest absolute Gasteiger partial charge is 0.573 e. The second-order valence-corrected chi connectivity index (χ2v) is 8.22. The van der Waals surface area contributed by atoms with Crippen molar-refractivity contribution < 1.29 is 27.4 Å². The lowest BCUT2D eigenvalue weighted by Gasteiger charge is -2.29. The molecule has 0 bridgehead atoms. The SMILES string of the molecule is Nc1cc(Cl)c(Oc2ccc3c(c2)CCN(Cc2cccc(OC(F)(F)F)c2)C3=O)c(Cl)c1. The van der Waals surface area contributed by atoms with Crippen molar-refractivity contribution in [1.82, 2.24) is 4.90 Å². The number of carbonyl (C=O) groups is 1. The lowest BCUT2D eigenvalue weighted by Crippen LogP contribution is -2.37. The van der Waals surface area contributed by atoms with E-state index in [1.807, 2.05) is 0 Å². The molecule has 3 aromatic rings. The smallest absolute Gasteiger partial charge is 0.454 e. The summed E-state index contributed by atoms with van der Waals surface area (Å²) in [4.78, 5) is 14.5. The first-order valence-corrected chi connectivity index (χ1v) is 10.5. The van der Waals surface area contributed by atoms with Crippen molar-refractivity contribution in [3.05, 3.63) is 81.3 Å². The fourth-order valence-electron chi connectivity index (χ4n) is 3.58. The molecule has 0 atom stereocenters. The summed E-state index contributed by atoms with van der Waals surface area (Å²) in [6, 6.07) is 13.6. The van der Waals surface area contributed by atoms with Crippen LogP contribution in [0, 0.1) is 0 Å². The Morgan fingerprint density at radius 2 is 1.73 bits per heavy atom. The number of amides is 1. The van der Waals surface area contributed by atoms with Gasteiger partial charge in [0.05, 0.1) is 10.0 Å². The standard InChI is InChI=1S/C23H17Cl2F3N2O3/c24-19-10-15(29)11-20(25)21(19)32-16-4-5-18-14(9-16)6-7-30(22(18)31)12-13-2-1-3-17(8-13)33-23(26,27)28/h1-5,8-11H,6-7,12,29H2. The molecule has 10 heteroatoms. The molecule has 1 heterocycles. The minimum atomic E-state index is -4.78. The lowest BCUT2D eigenvalue weighted by molar-refractivity contribution is -0.274. The van der Waals surface area contributed by atoms with Gasteiger partial charge in [0.15, 0.2) is 5.75 Å². The van der Waals surface area contributed by atoms with Gasteiger partial charge in [-0.1, -0.05) is 35.3 Å². The van der Waals surface area contributed by atoms with E-state index in [1.54, 1.807) is 29.2 Å². The fourth-order valence-corrected chi connectivity index (χ4v) is 4.16. The highest BCUT2D eigenvalue weighted by atomic mass is 35.5. The zero-order valence-corrected chi connectivity index (χ0v) is 18.5. The molecule has 0 saturated carbocycles. The number of alkyl halides is 3. The van der Waals surface area contributed by atoms with Gasteiger partial charge in [0, 0.05) is 24.3 Å². The third-order valence-electron chi connectivity index (χ3n) is 4.99. The van der Waals surface area contributed by atoms with E-state index >= 15 is 0 Å². The molecule has 172 valence electrons. The molecule has 0 aromatic heterocycles. The molecular formula is C23H17Cl2F3N2O3. The van der Waals surface area contributed by atoms with Gasteiger partial charge in [-0.15, -0.1) is 13.2 Å². The molecule has 5 nitrogen and oxygen atoms in total. The van der Waals surface area contributed by atoms with Crippen LogP contribution in [0.4, 0.5) is 18.9 Å². The molecule has 2 N–H and O–H groups in total. The minimum absolute atomic E-state index is 0.155. The van der Waals surface area contributed by atoms with E-state index in [-0.39, 0.29) is 34.0 Å². The third-order valence-corrected chi connectivity index (χ3v) is 5.55. The van der Waals surface area contributed by atoms with Crippen LogP contribution < -0.4 is 15.2 Å². The van der Waals surface area contributed by atoms with Crippen LogP contribution in [-0.2, 0) is 13.0 Å². The average molecular weight is 497 g/mol. The Hall–Kier alpha value is -3.10. The summed E-state index contributed by atoms with van der Waals surface area (Å²) in [5.74, 6) is 0.165. The van der Waals surface area contributed by atoms with Gasteiger partial charge >= 0.3 is 6.36 Å². The third kappa shape index (κ3) is 5.46. The molecule has 1 aliphatic rings. The normalized spacial score (nSPS) is 13.6. The van der Waals surface area contributed by atoms with Crippen LogP contribution in [0.3, 0.4) is 0 Å². The van der Waals surface area contributed by atoms with E-state index in [9.17, 15) is 18.0 Å². The second kappa shape index (κ2) is 9.03. The molecule has 0 aliphatic carbocycles. The first-order chi connectivity index (χ1) is 15.6. The van der Waals surface area contributed by atoms with Crippen LogP contribution >= 0.6 is 23.2 Å². The Balaban J connectivity index is 1.49. The van der Waals surface area contributed by atoms with Crippen molar-refractivity contribution in [1.29, 1.82) is 0 Å². The molecule has 0 unspecified atom stereocenters. The molecule has 0 saturated heterocycles. The van der Waals surface area contributed by atoms with E-state index < -0.39 is 6.36 Å². The van der Waals surface area contributed by atoms with Crippen LogP contribution in [0.5, 0.6) is 17.2 Å². The van der Waals surface area contributed by atoms with Crippen molar-refractivity contribution in [3.8, 4) is 17.2 Å². The minimum Gasteiger partial charge on any atom is -0.454 e. The highest BCUT2D eigenvalue weighted by Crippen LogP contribution is 2.39. The topological polar surface area (TPSA) is 64.8 Å². The number of rotatable bonds is 5. The van der Waals surface area contributed by atoms with Crippen LogP contribution in [0.2, 0.25) is 10.0 Å². The second-order valence-electron chi connectivity index (χ2n) is 7.41. The van der Waals surface area contributed by atoms with E-state index in [0.29, 0.717) is 35.5 Å². The first kappa shape index (κ1) is 23.1.